The average molecular weight is 446 g/mol. The van der Waals surface area contributed by atoms with Crippen LogP contribution in [0.25, 0.3) is 17.0 Å². The van der Waals surface area contributed by atoms with E-state index in [9.17, 15) is 21.6 Å². The van der Waals surface area contributed by atoms with Gasteiger partial charge in [-0.2, -0.15) is 13.2 Å². The third-order valence-electron chi connectivity index (χ3n) is 4.67. The van der Waals surface area contributed by atoms with Gasteiger partial charge in [-0.3, -0.25) is 9.12 Å². The van der Waals surface area contributed by atoms with E-state index < -0.39 is 27.5 Å². The summed E-state index contributed by atoms with van der Waals surface area (Å²) >= 11 is 0. The molecular weight excluding hydrogens is 429 g/mol. The molecule has 10 heteroatoms. The van der Waals surface area contributed by atoms with Gasteiger partial charge in [0.25, 0.3) is 0 Å². The molecule has 0 atom stereocenters. The van der Waals surface area contributed by atoms with Crippen molar-refractivity contribution in [3.63, 3.8) is 0 Å². The molecule has 0 amide bonds. The highest BCUT2D eigenvalue weighted by atomic mass is 32.2. The third kappa shape index (κ3) is 4.69. The standard InChI is InChI=1S/C21H17F3N4O2S/c1-14-3-6-16(19-12-28-10-2-9-25-20(28)26-19)11-18(14)27-31(29,30)13-15-4-7-17(8-5-15)21(22,23)24/h2-12,27H,13H2,1H3. The van der Waals surface area contributed by atoms with Gasteiger partial charge in [-0.15, -0.1) is 0 Å². The molecule has 0 radical (unpaired) electrons. The van der Waals surface area contributed by atoms with E-state index in [-0.39, 0.29) is 5.56 Å². The van der Waals surface area contributed by atoms with Crippen molar-refractivity contribution in [2.45, 2.75) is 18.9 Å². The van der Waals surface area contributed by atoms with E-state index in [2.05, 4.69) is 14.7 Å². The van der Waals surface area contributed by atoms with Crippen molar-refractivity contribution >= 4 is 21.5 Å². The molecule has 0 bridgehead atoms. The van der Waals surface area contributed by atoms with Crippen molar-refractivity contribution in [1.82, 2.24) is 14.4 Å². The Hall–Kier alpha value is -3.40. The fourth-order valence-electron chi connectivity index (χ4n) is 3.07. The molecule has 4 aromatic rings. The molecule has 0 saturated heterocycles. The van der Waals surface area contributed by atoms with E-state index in [0.29, 0.717) is 28.3 Å². The first-order valence-electron chi connectivity index (χ1n) is 9.18. The molecule has 160 valence electrons. The predicted octanol–water partition coefficient (Wildman–Crippen LogP) is 4.67. The summed E-state index contributed by atoms with van der Waals surface area (Å²) in [6.07, 6.45) is 0.747. The number of hydrogen-bond acceptors (Lipinski definition) is 4. The number of alkyl halides is 3. The number of hydrogen-bond donors (Lipinski definition) is 1. The number of nitrogens with one attached hydrogen (secondary N) is 1. The number of aromatic nitrogens is 3. The molecular formula is C21H17F3N4O2S. The van der Waals surface area contributed by atoms with Gasteiger partial charge in [0.15, 0.2) is 0 Å². The minimum atomic E-state index is -4.47. The molecule has 2 aromatic carbocycles. The number of aryl methyl sites for hydroxylation is 1. The topological polar surface area (TPSA) is 76.4 Å². The van der Waals surface area contributed by atoms with Crippen LogP contribution in [-0.4, -0.2) is 22.8 Å². The molecule has 2 heterocycles. The molecule has 0 aliphatic rings. The summed E-state index contributed by atoms with van der Waals surface area (Å²) in [6, 6.07) is 11.1. The van der Waals surface area contributed by atoms with Crippen LogP contribution in [0, 0.1) is 6.92 Å². The van der Waals surface area contributed by atoms with Gasteiger partial charge in [0, 0.05) is 24.2 Å². The summed E-state index contributed by atoms with van der Waals surface area (Å²) < 4.78 is 67.6. The third-order valence-corrected chi connectivity index (χ3v) is 5.92. The zero-order valence-electron chi connectivity index (χ0n) is 16.3. The minimum absolute atomic E-state index is 0.251. The summed E-state index contributed by atoms with van der Waals surface area (Å²) in [4.78, 5) is 8.59. The van der Waals surface area contributed by atoms with Gasteiger partial charge in [-0.05, 0) is 42.3 Å². The number of nitrogens with zero attached hydrogens (tertiary/aromatic N) is 3. The van der Waals surface area contributed by atoms with E-state index in [4.69, 9.17) is 0 Å². The first-order valence-corrected chi connectivity index (χ1v) is 10.8. The van der Waals surface area contributed by atoms with E-state index in [1.807, 2.05) is 6.07 Å². The second kappa shape index (κ2) is 7.69. The van der Waals surface area contributed by atoms with Crippen molar-refractivity contribution in [3.8, 4) is 11.3 Å². The lowest BCUT2D eigenvalue weighted by molar-refractivity contribution is -0.137. The number of benzene rings is 2. The highest BCUT2D eigenvalue weighted by molar-refractivity contribution is 7.91. The zero-order valence-corrected chi connectivity index (χ0v) is 17.1. The van der Waals surface area contributed by atoms with Crippen LogP contribution in [0.2, 0.25) is 0 Å². The Morgan fingerprint density at radius 2 is 1.84 bits per heavy atom. The van der Waals surface area contributed by atoms with Crippen molar-refractivity contribution in [1.29, 1.82) is 0 Å². The lowest BCUT2D eigenvalue weighted by Crippen LogP contribution is -2.16. The van der Waals surface area contributed by atoms with Crippen LogP contribution in [0.15, 0.2) is 67.1 Å². The molecule has 1 N–H and O–H groups in total. The number of halogens is 3. The number of imidazole rings is 1. The van der Waals surface area contributed by atoms with Gasteiger partial charge >= 0.3 is 6.18 Å². The van der Waals surface area contributed by atoms with Crippen LogP contribution >= 0.6 is 0 Å². The Balaban J connectivity index is 1.57. The summed E-state index contributed by atoms with van der Waals surface area (Å²) in [7, 11) is -3.85. The van der Waals surface area contributed by atoms with Crippen molar-refractivity contribution < 1.29 is 21.6 Å². The fourth-order valence-corrected chi connectivity index (χ4v) is 4.33. The summed E-state index contributed by atoms with van der Waals surface area (Å²) in [6.45, 7) is 1.75. The Labute approximate surface area is 176 Å². The molecule has 0 unspecified atom stereocenters. The Kier molecular flexibility index (Phi) is 5.18. The normalized spacial score (nSPS) is 12.3. The predicted molar refractivity (Wildman–Crippen MR) is 111 cm³/mol. The van der Waals surface area contributed by atoms with Crippen LogP contribution in [-0.2, 0) is 22.0 Å². The number of fused-ring (bicyclic) bond motifs is 1. The zero-order chi connectivity index (χ0) is 22.2. The molecule has 31 heavy (non-hydrogen) atoms. The van der Waals surface area contributed by atoms with Gasteiger partial charge in [0.05, 0.1) is 22.7 Å². The summed E-state index contributed by atoms with van der Waals surface area (Å²) in [5.74, 6) is 0.0649. The molecule has 0 aliphatic heterocycles. The quantitative estimate of drug-likeness (QED) is 0.484. The molecule has 0 saturated carbocycles. The van der Waals surface area contributed by atoms with Gasteiger partial charge in [-0.25, -0.2) is 18.4 Å². The van der Waals surface area contributed by atoms with E-state index in [0.717, 1.165) is 24.3 Å². The largest absolute Gasteiger partial charge is 0.416 e. The first kappa shape index (κ1) is 20.9. The van der Waals surface area contributed by atoms with Crippen molar-refractivity contribution in [2.24, 2.45) is 0 Å². The van der Waals surface area contributed by atoms with Crippen LogP contribution in [0.3, 0.4) is 0 Å². The van der Waals surface area contributed by atoms with Crippen LogP contribution < -0.4 is 4.72 Å². The van der Waals surface area contributed by atoms with Crippen LogP contribution in [0.5, 0.6) is 0 Å². The second-order valence-electron chi connectivity index (χ2n) is 7.04. The monoisotopic (exact) mass is 446 g/mol. The number of sulfonamides is 1. The molecule has 4 rings (SSSR count). The van der Waals surface area contributed by atoms with Gasteiger partial charge in [0.1, 0.15) is 0 Å². The summed E-state index contributed by atoms with van der Waals surface area (Å²) in [5, 5.41) is 0. The average Bonchev–Trinajstić information content (AvgIpc) is 3.13. The van der Waals surface area contributed by atoms with E-state index >= 15 is 0 Å². The SMILES string of the molecule is Cc1ccc(-c2cn3cccnc3n2)cc1NS(=O)(=O)Cc1ccc(C(F)(F)F)cc1. The highest BCUT2D eigenvalue weighted by Crippen LogP contribution is 2.30. The van der Waals surface area contributed by atoms with Crippen LogP contribution in [0.4, 0.5) is 18.9 Å². The fraction of sp³-hybridized carbons (Fsp3) is 0.143. The molecule has 6 nitrogen and oxygen atoms in total. The lowest BCUT2D eigenvalue weighted by Gasteiger charge is -2.12. The maximum Gasteiger partial charge on any atom is 0.416 e. The van der Waals surface area contributed by atoms with Crippen molar-refractivity contribution in [3.05, 3.63) is 83.8 Å². The summed E-state index contributed by atoms with van der Waals surface area (Å²) in [5.41, 5.74) is 1.81. The maximum absolute atomic E-state index is 12.7. The van der Waals surface area contributed by atoms with Gasteiger partial charge < -0.3 is 0 Å². The minimum Gasteiger partial charge on any atom is -0.291 e. The number of rotatable bonds is 5. The molecule has 2 aromatic heterocycles. The van der Waals surface area contributed by atoms with Crippen LogP contribution in [0.1, 0.15) is 16.7 Å². The molecule has 0 spiro atoms. The Morgan fingerprint density at radius 1 is 1.10 bits per heavy atom. The Morgan fingerprint density at radius 3 is 2.52 bits per heavy atom. The maximum atomic E-state index is 12.7. The molecule has 0 fully saturated rings. The van der Waals surface area contributed by atoms with Crippen molar-refractivity contribution in [2.75, 3.05) is 4.72 Å². The Bertz CT molecular complexity index is 1310. The van der Waals surface area contributed by atoms with Gasteiger partial charge in [0.2, 0.25) is 15.8 Å². The first-order chi connectivity index (χ1) is 14.6. The van der Waals surface area contributed by atoms with E-state index in [1.54, 1.807) is 48.1 Å². The van der Waals surface area contributed by atoms with Gasteiger partial charge in [-0.1, -0.05) is 24.3 Å². The lowest BCUT2D eigenvalue weighted by atomic mass is 10.1. The second-order valence-corrected chi connectivity index (χ2v) is 8.76. The smallest absolute Gasteiger partial charge is 0.291 e. The highest BCUT2D eigenvalue weighted by Gasteiger charge is 2.30. The van der Waals surface area contributed by atoms with E-state index in [1.165, 1.54) is 0 Å². The molecule has 0 aliphatic carbocycles. The number of anilines is 1.